The molecule has 0 radical (unpaired) electrons. The Bertz CT molecular complexity index is 767. The highest BCUT2D eigenvalue weighted by Gasteiger charge is 2.41. The van der Waals surface area contributed by atoms with E-state index >= 15 is 0 Å². The highest BCUT2D eigenvalue weighted by atomic mass is 19.1. The molecule has 0 spiro atoms. The molecule has 2 nitrogen and oxygen atoms in total. The quantitative estimate of drug-likeness (QED) is 0.368. The van der Waals surface area contributed by atoms with Crippen LogP contribution in [0.3, 0.4) is 0 Å². The summed E-state index contributed by atoms with van der Waals surface area (Å²) in [6.45, 7) is 9.54. The molecule has 1 N–H and O–H groups in total. The van der Waals surface area contributed by atoms with E-state index in [9.17, 15) is 9.50 Å². The molecular weight excluding hydrogens is 375 g/mol. The minimum Gasteiger partial charge on any atom is -0.508 e. The lowest BCUT2D eigenvalue weighted by molar-refractivity contribution is 0.0958. The van der Waals surface area contributed by atoms with Crippen LogP contribution in [0.25, 0.3) is 6.08 Å². The molecule has 1 aliphatic rings. The van der Waals surface area contributed by atoms with Crippen LogP contribution in [-0.4, -0.2) is 11.7 Å². The second kappa shape index (κ2) is 12.0. The molecule has 1 aromatic rings. The smallest absolute Gasteiger partial charge is 0.130 e. The second-order valence-corrected chi connectivity index (χ2v) is 8.51. The van der Waals surface area contributed by atoms with Gasteiger partial charge in [-0.1, -0.05) is 65.2 Å². The molecule has 166 valence electrons. The van der Waals surface area contributed by atoms with Gasteiger partial charge < -0.3 is 9.84 Å². The molecule has 0 saturated carbocycles. The van der Waals surface area contributed by atoms with Gasteiger partial charge in [-0.2, -0.15) is 0 Å². The normalized spacial score (nSPS) is 18.2. The zero-order valence-electron chi connectivity index (χ0n) is 19.3. The number of allylic oxidation sites excluding steroid dienone is 4. The summed E-state index contributed by atoms with van der Waals surface area (Å²) < 4.78 is 20.4. The minimum atomic E-state index is -0.275. The summed E-state index contributed by atoms with van der Waals surface area (Å²) >= 11 is 0. The van der Waals surface area contributed by atoms with E-state index in [1.165, 1.54) is 17.4 Å². The summed E-state index contributed by atoms with van der Waals surface area (Å²) in [5.41, 5.74) is 2.83. The van der Waals surface area contributed by atoms with Crippen LogP contribution in [0, 0.1) is 11.2 Å². The fraction of sp³-hybridized carbons (Fsp3) is 0.556. The molecule has 1 aliphatic carbocycles. The first-order chi connectivity index (χ1) is 14.5. The van der Waals surface area contributed by atoms with E-state index in [1.807, 2.05) is 0 Å². The zero-order chi connectivity index (χ0) is 22.0. The van der Waals surface area contributed by atoms with Crippen molar-refractivity contribution in [1.29, 1.82) is 0 Å². The number of rotatable bonds is 11. The third-order valence-electron chi connectivity index (χ3n) is 5.93. The minimum absolute atomic E-state index is 0.0451. The third kappa shape index (κ3) is 6.00. The van der Waals surface area contributed by atoms with Crippen molar-refractivity contribution in [2.24, 2.45) is 5.41 Å². The van der Waals surface area contributed by atoms with Gasteiger partial charge >= 0.3 is 0 Å². The van der Waals surface area contributed by atoms with Crippen LogP contribution in [0.5, 0.6) is 0 Å². The lowest BCUT2D eigenvalue weighted by Crippen LogP contribution is -2.31. The Labute approximate surface area is 182 Å². The molecule has 0 amide bonds. The van der Waals surface area contributed by atoms with Crippen LogP contribution in [0.4, 0.5) is 4.39 Å². The molecule has 0 aromatic heterocycles. The number of benzene rings is 1. The van der Waals surface area contributed by atoms with Gasteiger partial charge in [0.05, 0.1) is 6.61 Å². The molecule has 0 atom stereocenters. The van der Waals surface area contributed by atoms with Gasteiger partial charge in [-0.3, -0.25) is 0 Å². The Balaban J connectivity index is 2.48. The van der Waals surface area contributed by atoms with Crippen molar-refractivity contribution in [3.8, 4) is 0 Å². The van der Waals surface area contributed by atoms with E-state index in [0.717, 1.165) is 70.0 Å². The first-order valence-corrected chi connectivity index (χ1v) is 11.7. The molecular formula is C27H39FO2. The predicted octanol–water partition coefficient (Wildman–Crippen LogP) is 8.51. The Morgan fingerprint density at radius 1 is 1.07 bits per heavy atom. The van der Waals surface area contributed by atoms with Gasteiger partial charge in [0.1, 0.15) is 17.3 Å². The van der Waals surface area contributed by atoms with Crippen LogP contribution in [0.1, 0.15) is 91.0 Å². The van der Waals surface area contributed by atoms with Crippen LogP contribution in [0.2, 0.25) is 0 Å². The highest BCUT2D eigenvalue weighted by molar-refractivity contribution is 5.53. The first-order valence-electron chi connectivity index (χ1n) is 11.7. The Hall–Kier alpha value is -2.03. The highest BCUT2D eigenvalue weighted by Crippen LogP contribution is 2.51. The molecule has 2 rings (SSSR count). The first kappa shape index (κ1) is 24.2. The average molecular weight is 415 g/mol. The van der Waals surface area contributed by atoms with E-state index in [1.54, 1.807) is 30.4 Å². The molecule has 1 aromatic carbocycles. The van der Waals surface area contributed by atoms with Gasteiger partial charge in [0.15, 0.2) is 0 Å². The summed E-state index contributed by atoms with van der Waals surface area (Å²) in [7, 11) is 0. The van der Waals surface area contributed by atoms with Gasteiger partial charge in [0.2, 0.25) is 0 Å². The van der Waals surface area contributed by atoms with E-state index < -0.39 is 0 Å². The number of aliphatic hydroxyl groups excluding tert-OH is 1. The third-order valence-corrected chi connectivity index (χ3v) is 5.93. The van der Waals surface area contributed by atoms with E-state index in [0.29, 0.717) is 5.56 Å². The zero-order valence-corrected chi connectivity index (χ0v) is 19.3. The SMILES string of the molecule is CCCOC1=C(CCC)C/C(=C(O)/C=C/c2ccccc2F)CC1(CCC)CCC. The molecule has 0 bridgehead atoms. The molecule has 0 unspecified atom stereocenters. The molecule has 30 heavy (non-hydrogen) atoms. The maximum absolute atomic E-state index is 14.0. The predicted molar refractivity (Wildman–Crippen MR) is 125 cm³/mol. The maximum Gasteiger partial charge on any atom is 0.130 e. The van der Waals surface area contributed by atoms with Crippen molar-refractivity contribution in [3.63, 3.8) is 0 Å². The Morgan fingerprint density at radius 2 is 1.77 bits per heavy atom. The van der Waals surface area contributed by atoms with E-state index in [4.69, 9.17) is 4.74 Å². The van der Waals surface area contributed by atoms with Crippen molar-refractivity contribution in [2.75, 3.05) is 6.61 Å². The van der Waals surface area contributed by atoms with E-state index in [2.05, 4.69) is 27.7 Å². The molecule has 0 saturated heterocycles. The molecule has 0 fully saturated rings. The summed E-state index contributed by atoms with van der Waals surface area (Å²) in [6.07, 6.45) is 12.2. The van der Waals surface area contributed by atoms with Crippen LogP contribution >= 0.6 is 0 Å². The second-order valence-electron chi connectivity index (χ2n) is 8.51. The van der Waals surface area contributed by atoms with Gasteiger partial charge in [0.25, 0.3) is 0 Å². The Morgan fingerprint density at radius 3 is 2.37 bits per heavy atom. The lowest BCUT2D eigenvalue weighted by atomic mass is 9.66. The fourth-order valence-electron chi connectivity index (χ4n) is 4.79. The van der Waals surface area contributed by atoms with Crippen LogP contribution in [0.15, 0.2) is 53.0 Å². The average Bonchev–Trinajstić information content (AvgIpc) is 2.73. The molecule has 3 heteroatoms. The molecule has 0 heterocycles. The van der Waals surface area contributed by atoms with Gasteiger partial charge in [-0.25, -0.2) is 4.39 Å². The number of aliphatic hydroxyl groups is 1. The summed E-state index contributed by atoms with van der Waals surface area (Å²) in [4.78, 5) is 0. The van der Waals surface area contributed by atoms with Crippen molar-refractivity contribution < 1.29 is 14.2 Å². The standard InChI is InChI=1S/C27H39FO2/c1-5-11-22-19-23(25(29)15-14-21-12-9-10-13-24(21)28)20-27(16-6-2,17-7-3)26(22)30-18-8-4/h9-10,12-15,29H,5-8,11,16-20H2,1-4H3/b15-14+,25-23+. The number of halogens is 1. The fourth-order valence-corrected chi connectivity index (χ4v) is 4.79. The topological polar surface area (TPSA) is 29.5 Å². The van der Waals surface area contributed by atoms with Crippen molar-refractivity contribution in [3.05, 3.63) is 64.4 Å². The van der Waals surface area contributed by atoms with Gasteiger partial charge in [-0.05, 0) is 67.9 Å². The van der Waals surface area contributed by atoms with Crippen molar-refractivity contribution >= 4 is 6.08 Å². The van der Waals surface area contributed by atoms with Crippen LogP contribution < -0.4 is 0 Å². The number of ether oxygens (including phenoxy) is 1. The lowest BCUT2D eigenvalue weighted by Gasteiger charge is -2.42. The van der Waals surface area contributed by atoms with Gasteiger partial charge in [0, 0.05) is 11.0 Å². The Kier molecular flexibility index (Phi) is 9.68. The summed E-state index contributed by atoms with van der Waals surface area (Å²) in [6, 6.07) is 6.65. The monoisotopic (exact) mass is 414 g/mol. The number of hydrogen-bond donors (Lipinski definition) is 1. The summed E-state index contributed by atoms with van der Waals surface area (Å²) in [5.74, 6) is 1.20. The van der Waals surface area contributed by atoms with E-state index in [-0.39, 0.29) is 17.0 Å². The largest absolute Gasteiger partial charge is 0.508 e. The van der Waals surface area contributed by atoms with Gasteiger partial charge in [-0.15, -0.1) is 0 Å². The van der Waals surface area contributed by atoms with Crippen molar-refractivity contribution in [2.45, 2.75) is 85.5 Å². The number of hydrogen-bond acceptors (Lipinski definition) is 2. The maximum atomic E-state index is 14.0. The van der Waals surface area contributed by atoms with Crippen LogP contribution in [-0.2, 0) is 4.74 Å². The van der Waals surface area contributed by atoms with Crippen molar-refractivity contribution in [1.82, 2.24) is 0 Å². The molecule has 0 aliphatic heterocycles. The summed E-state index contributed by atoms with van der Waals surface area (Å²) in [5, 5.41) is 11.0.